The van der Waals surface area contributed by atoms with Crippen LogP contribution in [0.4, 0.5) is 0 Å². The molecule has 0 unspecified atom stereocenters. The lowest BCUT2D eigenvalue weighted by Crippen LogP contribution is -2.53. The average molecular weight is 405 g/mol. The zero-order valence-electron chi connectivity index (χ0n) is 18.2. The lowest BCUT2D eigenvalue weighted by molar-refractivity contribution is -0.141. The first-order valence-electron chi connectivity index (χ1n) is 11.2. The summed E-state index contributed by atoms with van der Waals surface area (Å²) in [4.78, 5) is 29.8. The van der Waals surface area contributed by atoms with Crippen LogP contribution >= 0.6 is 0 Å². The van der Waals surface area contributed by atoms with E-state index in [0.29, 0.717) is 32.6 Å². The molecule has 0 aromatic heterocycles. The standard InChI is InChI=1S/C26H32N2O2/c1-20-17-21(2)19-23(18-20)26(11-12-26)25(30)28-15-13-27(14-16-28)24(29)10-6-9-22-7-4-3-5-8-22/h3-5,7-8,17-19H,6,9-16H2,1-2H3. The highest BCUT2D eigenvalue weighted by Gasteiger charge is 2.53. The van der Waals surface area contributed by atoms with Crippen LogP contribution < -0.4 is 0 Å². The molecule has 2 fully saturated rings. The molecule has 158 valence electrons. The lowest BCUT2D eigenvalue weighted by Gasteiger charge is -2.37. The minimum absolute atomic E-state index is 0.216. The predicted molar refractivity (Wildman–Crippen MR) is 119 cm³/mol. The van der Waals surface area contributed by atoms with Crippen molar-refractivity contribution >= 4 is 11.8 Å². The molecule has 4 rings (SSSR count). The first-order chi connectivity index (χ1) is 14.5. The van der Waals surface area contributed by atoms with Gasteiger partial charge >= 0.3 is 0 Å². The van der Waals surface area contributed by atoms with Crippen molar-refractivity contribution in [2.75, 3.05) is 26.2 Å². The molecule has 1 saturated heterocycles. The van der Waals surface area contributed by atoms with Crippen LogP contribution in [0.25, 0.3) is 0 Å². The third-order valence-corrected chi connectivity index (χ3v) is 6.55. The highest BCUT2D eigenvalue weighted by molar-refractivity contribution is 5.91. The third-order valence-electron chi connectivity index (χ3n) is 6.55. The summed E-state index contributed by atoms with van der Waals surface area (Å²) >= 11 is 0. The normalized spacial score (nSPS) is 17.7. The summed E-state index contributed by atoms with van der Waals surface area (Å²) in [6.07, 6.45) is 4.26. The molecular formula is C26H32N2O2. The second kappa shape index (κ2) is 8.63. The van der Waals surface area contributed by atoms with Crippen molar-refractivity contribution in [2.24, 2.45) is 0 Å². The van der Waals surface area contributed by atoms with Gasteiger partial charge in [-0.2, -0.15) is 0 Å². The van der Waals surface area contributed by atoms with Crippen molar-refractivity contribution in [3.05, 3.63) is 70.8 Å². The smallest absolute Gasteiger partial charge is 0.233 e. The molecule has 1 aliphatic carbocycles. The van der Waals surface area contributed by atoms with Crippen LogP contribution in [0.3, 0.4) is 0 Å². The number of hydrogen-bond acceptors (Lipinski definition) is 2. The van der Waals surface area contributed by atoms with Crippen LogP contribution in [-0.2, 0) is 21.4 Å². The molecule has 1 heterocycles. The van der Waals surface area contributed by atoms with Crippen molar-refractivity contribution in [1.29, 1.82) is 0 Å². The fraction of sp³-hybridized carbons (Fsp3) is 0.462. The van der Waals surface area contributed by atoms with E-state index in [-0.39, 0.29) is 17.2 Å². The lowest BCUT2D eigenvalue weighted by atomic mass is 9.91. The molecule has 4 nitrogen and oxygen atoms in total. The van der Waals surface area contributed by atoms with E-state index in [4.69, 9.17) is 0 Å². The van der Waals surface area contributed by atoms with Gasteiger partial charge in [-0.25, -0.2) is 0 Å². The Labute approximate surface area is 179 Å². The van der Waals surface area contributed by atoms with Crippen LogP contribution in [0.1, 0.15) is 47.9 Å². The van der Waals surface area contributed by atoms with E-state index in [1.54, 1.807) is 0 Å². The molecule has 1 aliphatic heterocycles. The van der Waals surface area contributed by atoms with E-state index in [1.165, 1.54) is 22.3 Å². The van der Waals surface area contributed by atoms with Crippen molar-refractivity contribution in [1.82, 2.24) is 9.80 Å². The quantitative estimate of drug-likeness (QED) is 0.729. The van der Waals surface area contributed by atoms with Gasteiger partial charge in [0.1, 0.15) is 0 Å². The van der Waals surface area contributed by atoms with Gasteiger partial charge in [0.25, 0.3) is 0 Å². The van der Waals surface area contributed by atoms with E-state index < -0.39 is 0 Å². The van der Waals surface area contributed by atoms with Gasteiger partial charge in [0.2, 0.25) is 11.8 Å². The zero-order valence-corrected chi connectivity index (χ0v) is 18.2. The minimum Gasteiger partial charge on any atom is -0.339 e. The predicted octanol–water partition coefficient (Wildman–Crippen LogP) is 4.03. The van der Waals surface area contributed by atoms with Crippen molar-refractivity contribution in [2.45, 2.75) is 51.4 Å². The maximum Gasteiger partial charge on any atom is 0.233 e. The summed E-state index contributed by atoms with van der Waals surface area (Å²) in [5, 5.41) is 0. The van der Waals surface area contributed by atoms with E-state index in [2.05, 4.69) is 44.2 Å². The number of hydrogen-bond donors (Lipinski definition) is 0. The molecule has 4 heteroatoms. The monoisotopic (exact) mass is 404 g/mol. The maximum absolute atomic E-state index is 13.3. The Morgan fingerprint density at radius 2 is 1.47 bits per heavy atom. The molecule has 2 aromatic rings. The van der Waals surface area contributed by atoms with E-state index in [1.807, 2.05) is 28.0 Å². The van der Waals surface area contributed by atoms with Gasteiger partial charge in [0.15, 0.2) is 0 Å². The second-order valence-corrected chi connectivity index (χ2v) is 8.97. The Morgan fingerprint density at radius 1 is 0.867 bits per heavy atom. The fourth-order valence-electron chi connectivity index (χ4n) is 4.71. The molecule has 2 amide bonds. The highest BCUT2D eigenvalue weighted by Crippen LogP contribution is 2.50. The third kappa shape index (κ3) is 4.43. The summed E-state index contributed by atoms with van der Waals surface area (Å²) in [6.45, 7) is 6.79. The molecule has 1 saturated carbocycles. The van der Waals surface area contributed by atoms with Gasteiger partial charge in [-0.3, -0.25) is 9.59 Å². The van der Waals surface area contributed by atoms with Gasteiger partial charge in [-0.1, -0.05) is 59.7 Å². The van der Waals surface area contributed by atoms with Crippen molar-refractivity contribution < 1.29 is 9.59 Å². The molecular weight excluding hydrogens is 372 g/mol. The number of rotatable bonds is 6. The van der Waals surface area contributed by atoms with Crippen molar-refractivity contribution in [3.8, 4) is 0 Å². The number of carbonyl (C=O) groups is 2. The summed E-state index contributed by atoms with van der Waals surface area (Å²) < 4.78 is 0. The van der Waals surface area contributed by atoms with Crippen LogP contribution in [0.2, 0.25) is 0 Å². The number of carbonyl (C=O) groups excluding carboxylic acids is 2. The number of piperazine rings is 1. The van der Waals surface area contributed by atoms with Gasteiger partial charge in [0, 0.05) is 32.6 Å². The molecule has 2 aliphatic rings. The topological polar surface area (TPSA) is 40.6 Å². The minimum atomic E-state index is -0.321. The Balaban J connectivity index is 1.29. The first-order valence-corrected chi connectivity index (χ1v) is 11.2. The van der Waals surface area contributed by atoms with E-state index in [9.17, 15) is 9.59 Å². The largest absolute Gasteiger partial charge is 0.339 e. The number of benzene rings is 2. The zero-order chi connectivity index (χ0) is 21.1. The summed E-state index contributed by atoms with van der Waals surface area (Å²) in [5.74, 6) is 0.470. The first kappa shape index (κ1) is 20.6. The van der Waals surface area contributed by atoms with Crippen LogP contribution in [-0.4, -0.2) is 47.8 Å². The molecule has 0 N–H and O–H groups in total. The van der Waals surface area contributed by atoms with Gasteiger partial charge in [-0.05, 0) is 50.7 Å². The SMILES string of the molecule is Cc1cc(C)cc(C2(C(=O)N3CCN(C(=O)CCCc4ccccc4)CC3)CC2)c1. The van der Waals surface area contributed by atoms with Crippen LogP contribution in [0, 0.1) is 13.8 Å². The Hall–Kier alpha value is -2.62. The second-order valence-electron chi connectivity index (χ2n) is 8.97. The summed E-state index contributed by atoms with van der Waals surface area (Å²) in [7, 11) is 0. The highest BCUT2D eigenvalue weighted by atomic mass is 16.2. The molecule has 0 radical (unpaired) electrons. The molecule has 0 bridgehead atoms. The van der Waals surface area contributed by atoms with E-state index >= 15 is 0 Å². The van der Waals surface area contributed by atoms with Crippen LogP contribution in [0.5, 0.6) is 0 Å². The summed E-state index contributed by atoms with van der Waals surface area (Å²) in [6, 6.07) is 16.8. The average Bonchev–Trinajstić information content (AvgIpc) is 3.55. The molecule has 2 aromatic carbocycles. The Kier molecular flexibility index (Phi) is 5.94. The van der Waals surface area contributed by atoms with Gasteiger partial charge < -0.3 is 9.80 Å². The fourth-order valence-corrected chi connectivity index (χ4v) is 4.71. The Morgan fingerprint density at radius 3 is 2.07 bits per heavy atom. The number of nitrogens with zero attached hydrogens (tertiary/aromatic N) is 2. The van der Waals surface area contributed by atoms with Crippen molar-refractivity contribution in [3.63, 3.8) is 0 Å². The van der Waals surface area contributed by atoms with Gasteiger partial charge in [-0.15, -0.1) is 0 Å². The number of amides is 2. The number of aryl methyl sites for hydroxylation is 3. The molecule has 0 spiro atoms. The maximum atomic E-state index is 13.3. The molecule has 30 heavy (non-hydrogen) atoms. The van der Waals surface area contributed by atoms with E-state index in [0.717, 1.165) is 25.7 Å². The van der Waals surface area contributed by atoms with Gasteiger partial charge in [0.05, 0.1) is 5.41 Å². The summed E-state index contributed by atoms with van der Waals surface area (Å²) in [5.41, 5.74) is 4.56. The van der Waals surface area contributed by atoms with Crippen LogP contribution in [0.15, 0.2) is 48.5 Å². The Bertz CT molecular complexity index is 890. The molecule has 0 atom stereocenters.